The molecular weight excluding hydrogens is 274 g/mol. The minimum Gasteiger partial charge on any atom is -0.356 e. The van der Waals surface area contributed by atoms with Crippen LogP contribution in [0.4, 0.5) is 0 Å². The molecule has 3 nitrogen and oxygen atoms in total. The minimum absolute atomic E-state index is 0.197. The van der Waals surface area contributed by atoms with Gasteiger partial charge in [-0.05, 0) is 19.8 Å². The first kappa shape index (κ1) is 21.1. The van der Waals surface area contributed by atoms with Crippen LogP contribution in [0.25, 0.3) is 0 Å². The fraction of sp³-hybridized carbons (Fsp3) is 0.895. The van der Waals surface area contributed by atoms with E-state index in [0.29, 0.717) is 18.6 Å². The number of ketones is 1. The van der Waals surface area contributed by atoms with E-state index < -0.39 is 0 Å². The van der Waals surface area contributed by atoms with Crippen molar-refractivity contribution in [3.63, 3.8) is 0 Å². The molecular formula is C19H37NO2. The molecule has 0 radical (unpaired) electrons. The zero-order chi connectivity index (χ0) is 16.5. The van der Waals surface area contributed by atoms with Crippen molar-refractivity contribution < 1.29 is 9.59 Å². The molecule has 0 fully saturated rings. The molecule has 0 bridgehead atoms. The predicted molar refractivity (Wildman–Crippen MR) is 94.0 cm³/mol. The lowest BCUT2D eigenvalue weighted by Gasteiger charge is -2.03. The molecule has 0 atom stereocenters. The Hall–Kier alpha value is -0.860. The summed E-state index contributed by atoms with van der Waals surface area (Å²) in [5, 5.41) is 2.84. The number of hydrogen-bond acceptors (Lipinski definition) is 2. The number of unbranched alkanes of at least 4 members (excludes halogenated alkanes) is 10. The van der Waals surface area contributed by atoms with Gasteiger partial charge in [-0.1, -0.05) is 64.7 Å². The van der Waals surface area contributed by atoms with Crippen molar-refractivity contribution in [3.8, 4) is 0 Å². The lowest BCUT2D eigenvalue weighted by atomic mass is 10.0. The molecule has 0 aliphatic heterocycles. The predicted octanol–water partition coefficient (Wildman–Crippen LogP) is 5.17. The number of nitrogens with one attached hydrogen (secondary N) is 1. The topological polar surface area (TPSA) is 46.2 Å². The van der Waals surface area contributed by atoms with Gasteiger partial charge in [-0.15, -0.1) is 0 Å². The molecule has 3 heteroatoms. The van der Waals surface area contributed by atoms with Crippen molar-refractivity contribution in [1.82, 2.24) is 5.32 Å². The van der Waals surface area contributed by atoms with Crippen molar-refractivity contribution in [2.24, 2.45) is 0 Å². The van der Waals surface area contributed by atoms with Gasteiger partial charge in [0, 0.05) is 25.8 Å². The normalized spacial score (nSPS) is 10.6. The third-order valence-electron chi connectivity index (χ3n) is 4.13. The van der Waals surface area contributed by atoms with E-state index in [4.69, 9.17) is 0 Å². The van der Waals surface area contributed by atoms with Crippen LogP contribution in [-0.4, -0.2) is 18.2 Å². The second kappa shape index (κ2) is 16.5. The second-order valence-electron chi connectivity index (χ2n) is 6.23. The smallest absolute Gasteiger partial charge is 0.219 e. The van der Waals surface area contributed by atoms with E-state index in [1.54, 1.807) is 0 Å². The third kappa shape index (κ3) is 15.5. The van der Waals surface area contributed by atoms with Crippen LogP contribution in [0, 0.1) is 0 Å². The summed E-state index contributed by atoms with van der Waals surface area (Å²) >= 11 is 0. The van der Waals surface area contributed by atoms with E-state index >= 15 is 0 Å². The van der Waals surface area contributed by atoms with Gasteiger partial charge in [-0.25, -0.2) is 0 Å². The largest absolute Gasteiger partial charge is 0.356 e. The number of rotatable bonds is 16. The number of carbonyl (C=O) groups excluding carboxylic acids is 2. The molecule has 0 unspecified atom stereocenters. The summed E-state index contributed by atoms with van der Waals surface area (Å²) < 4.78 is 0. The van der Waals surface area contributed by atoms with Crippen molar-refractivity contribution in [2.75, 3.05) is 6.54 Å². The average Bonchev–Trinajstić information content (AvgIpc) is 2.51. The summed E-state index contributed by atoms with van der Waals surface area (Å²) in [5.74, 6) is 0.607. The Kier molecular flexibility index (Phi) is 15.9. The van der Waals surface area contributed by atoms with Gasteiger partial charge in [-0.3, -0.25) is 9.59 Å². The van der Waals surface area contributed by atoms with Gasteiger partial charge < -0.3 is 5.32 Å². The zero-order valence-corrected chi connectivity index (χ0v) is 14.9. The lowest BCUT2D eigenvalue weighted by molar-refractivity contribution is -0.121. The molecule has 1 N–H and O–H groups in total. The first-order valence-corrected chi connectivity index (χ1v) is 9.49. The molecule has 0 saturated carbocycles. The Morgan fingerprint density at radius 3 is 1.45 bits per heavy atom. The summed E-state index contributed by atoms with van der Waals surface area (Å²) in [4.78, 5) is 22.4. The lowest BCUT2D eigenvalue weighted by Crippen LogP contribution is -2.21. The summed E-state index contributed by atoms with van der Waals surface area (Å²) in [6, 6.07) is 0. The van der Waals surface area contributed by atoms with Gasteiger partial charge >= 0.3 is 0 Å². The summed E-state index contributed by atoms with van der Waals surface area (Å²) in [5.41, 5.74) is 0. The molecule has 130 valence electrons. The van der Waals surface area contributed by atoms with Gasteiger partial charge in [-0.2, -0.15) is 0 Å². The van der Waals surface area contributed by atoms with Crippen LogP contribution in [0.3, 0.4) is 0 Å². The molecule has 0 spiro atoms. The van der Waals surface area contributed by atoms with Crippen LogP contribution < -0.4 is 5.32 Å². The first-order valence-electron chi connectivity index (χ1n) is 9.49. The van der Waals surface area contributed by atoms with E-state index in [0.717, 1.165) is 25.8 Å². The Balaban J connectivity index is 3.08. The third-order valence-corrected chi connectivity index (χ3v) is 4.13. The number of carbonyl (C=O) groups is 2. The fourth-order valence-electron chi connectivity index (χ4n) is 2.66. The van der Waals surface area contributed by atoms with Gasteiger partial charge in [0.1, 0.15) is 5.78 Å². The maximum atomic E-state index is 11.2. The van der Waals surface area contributed by atoms with Crippen LogP contribution in [-0.2, 0) is 9.59 Å². The zero-order valence-electron chi connectivity index (χ0n) is 14.9. The molecule has 0 aromatic carbocycles. The first-order chi connectivity index (χ1) is 10.7. The quantitative estimate of drug-likeness (QED) is 0.400. The highest BCUT2D eigenvalue weighted by Gasteiger charge is 1.99. The second-order valence-corrected chi connectivity index (χ2v) is 6.23. The molecule has 0 aromatic rings. The number of amides is 1. The molecule has 0 saturated heterocycles. The molecule has 0 aromatic heterocycles. The Morgan fingerprint density at radius 1 is 0.636 bits per heavy atom. The van der Waals surface area contributed by atoms with Crippen molar-refractivity contribution >= 4 is 11.7 Å². The molecule has 1 amide bonds. The highest BCUT2D eigenvalue weighted by molar-refractivity contribution is 5.77. The summed E-state index contributed by atoms with van der Waals surface area (Å²) in [6.45, 7) is 4.65. The Bertz CT molecular complexity index is 277. The van der Waals surface area contributed by atoms with Crippen LogP contribution >= 0.6 is 0 Å². The average molecular weight is 312 g/mol. The highest BCUT2D eigenvalue weighted by Crippen LogP contribution is 2.12. The maximum Gasteiger partial charge on any atom is 0.219 e. The Labute approximate surface area is 137 Å². The SMILES string of the molecule is CCNC(=O)CCCCCCCCCCCCCC(=O)CC. The van der Waals surface area contributed by atoms with Gasteiger partial charge in [0.2, 0.25) is 5.91 Å². The van der Waals surface area contributed by atoms with E-state index in [9.17, 15) is 9.59 Å². The highest BCUT2D eigenvalue weighted by atomic mass is 16.1. The van der Waals surface area contributed by atoms with Crippen LogP contribution in [0.1, 0.15) is 104 Å². The minimum atomic E-state index is 0.197. The van der Waals surface area contributed by atoms with Crippen LogP contribution in [0.15, 0.2) is 0 Å². The van der Waals surface area contributed by atoms with Gasteiger partial charge in [0.15, 0.2) is 0 Å². The standard InChI is InChI=1S/C19H37NO2/c1-3-18(21)16-14-12-10-8-6-5-7-9-11-13-15-17-19(22)20-4-2/h3-17H2,1-2H3,(H,20,22). The summed E-state index contributed by atoms with van der Waals surface area (Å²) in [6.07, 6.45) is 15.8. The molecule has 22 heavy (non-hydrogen) atoms. The molecule has 0 aliphatic rings. The fourth-order valence-corrected chi connectivity index (χ4v) is 2.66. The van der Waals surface area contributed by atoms with E-state index in [2.05, 4.69) is 5.32 Å². The molecule has 0 rings (SSSR count). The number of hydrogen-bond donors (Lipinski definition) is 1. The van der Waals surface area contributed by atoms with Gasteiger partial charge in [0.25, 0.3) is 0 Å². The van der Waals surface area contributed by atoms with Crippen molar-refractivity contribution in [3.05, 3.63) is 0 Å². The van der Waals surface area contributed by atoms with Gasteiger partial charge in [0.05, 0.1) is 0 Å². The maximum absolute atomic E-state index is 11.2. The van der Waals surface area contributed by atoms with E-state index in [-0.39, 0.29) is 5.91 Å². The van der Waals surface area contributed by atoms with Crippen LogP contribution in [0.2, 0.25) is 0 Å². The van der Waals surface area contributed by atoms with E-state index in [1.807, 2.05) is 13.8 Å². The molecule has 0 aliphatic carbocycles. The van der Waals surface area contributed by atoms with Crippen LogP contribution in [0.5, 0.6) is 0 Å². The van der Waals surface area contributed by atoms with Crippen molar-refractivity contribution in [1.29, 1.82) is 0 Å². The summed E-state index contributed by atoms with van der Waals surface area (Å²) in [7, 11) is 0. The number of Topliss-reactive ketones (excluding diaryl/α,β-unsaturated/α-hetero) is 1. The van der Waals surface area contributed by atoms with E-state index in [1.165, 1.54) is 57.8 Å². The Morgan fingerprint density at radius 2 is 1.05 bits per heavy atom. The van der Waals surface area contributed by atoms with Crippen molar-refractivity contribution in [2.45, 2.75) is 104 Å². The molecule has 0 heterocycles. The monoisotopic (exact) mass is 311 g/mol.